The first kappa shape index (κ1) is 21.1. The number of urea groups is 1. The molecule has 0 radical (unpaired) electrons. The number of fused-ring (bicyclic) bond motifs is 1. The highest BCUT2D eigenvalue weighted by Crippen LogP contribution is 2.37. The van der Waals surface area contributed by atoms with Gasteiger partial charge in [0.1, 0.15) is 11.3 Å². The first-order chi connectivity index (χ1) is 14.0. The van der Waals surface area contributed by atoms with Crippen molar-refractivity contribution in [2.24, 2.45) is 0 Å². The van der Waals surface area contributed by atoms with Crippen LogP contribution >= 0.6 is 0 Å². The van der Waals surface area contributed by atoms with Crippen molar-refractivity contribution in [1.29, 1.82) is 0 Å². The van der Waals surface area contributed by atoms with Crippen molar-refractivity contribution in [2.45, 2.75) is 84.3 Å². The van der Waals surface area contributed by atoms with Crippen LogP contribution in [0.15, 0.2) is 9.59 Å². The number of H-pyrrole nitrogens is 1. The second kappa shape index (κ2) is 8.84. The van der Waals surface area contributed by atoms with Crippen LogP contribution in [0.2, 0.25) is 0 Å². The van der Waals surface area contributed by atoms with Crippen molar-refractivity contribution in [1.82, 2.24) is 29.7 Å². The van der Waals surface area contributed by atoms with Crippen molar-refractivity contribution in [3.8, 4) is 0 Å². The van der Waals surface area contributed by atoms with E-state index in [4.69, 9.17) is 4.98 Å². The van der Waals surface area contributed by atoms with Crippen LogP contribution in [0, 0.1) is 0 Å². The fraction of sp³-hybridized carbons (Fsp3) is 0.700. The van der Waals surface area contributed by atoms with Crippen LogP contribution in [0.25, 0.3) is 11.2 Å². The molecule has 1 saturated carbocycles. The van der Waals surface area contributed by atoms with Gasteiger partial charge in [0.15, 0.2) is 5.65 Å². The Morgan fingerprint density at radius 2 is 1.72 bits per heavy atom. The van der Waals surface area contributed by atoms with Crippen LogP contribution < -0.4 is 21.9 Å². The van der Waals surface area contributed by atoms with Crippen molar-refractivity contribution < 1.29 is 4.79 Å². The van der Waals surface area contributed by atoms with Gasteiger partial charge in [-0.25, -0.2) is 14.6 Å². The van der Waals surface area contributed by atoms with E-state index in [-0.39, 0.29) is 17.3 Å². The van der Waals surface area contributed by atoms with E-state index in [1.807, 2.05) is 20.8 Å². The molecule has 0 aromatic carbocycles. The molecule has 9 nitrogen and oxygen atoms in total. The third kappa shape index (κ3) is 3.95. The maximum Gasteiger partial charge on any atom is 0.332 e. The van der Waals surface area contributed by atoms with Gasteiger partial charge in [0.25, 0.3) is 5.56 Å². The van der Waals surface area contributed by atoms with E-state index in [2.05, 4.69) is 15.6 Å². The third-order valence-corrected chi connectivity index (χ3v) is 5.55. The molecule has 3 N–H and O–H groups in total. The predicted molar refractivity (Wildman–Crippen MR) is 112 cm³/mol. The summed E-state index contributed by atoms with van der Waals surface area (Å²) in [5.41, 5.74) is -0.596. The Kier molecular flexibility index (Phi) is 6.44. The van der Waals surface area contributed by atoms with Gasteiger partial charge in [-0.05, 0) is 32.1 Å². The number of hydrogen-bond donors (Lipinski definition) is 3. The average molecular weight is 405 g/mol. The van der Waals surface area contributed by atoms with Crippen LogP contribution in [-0.4, -0.2) is 31.7 Å². The quantitative estimate of drug-likeness (QED) is 0.626. The van der Waals surface area contributed by atoms with Crippen molar-refractivity contribution in [3.63, 3.8) is 0 Å². The Morgan fingerprint density at radius 3 is 2.34 bits per heavy atom. The number of aromatic amines is 1. The number of carbonyl (C=O) groups is 1. The number of rotatable bonds is 8. The lowest BCUT2D eigenvalue weighted by Crippen LogP contribution is -2.49. The van der Waals surface area contributed by atoms with Gasteiger partial charge >= 0.3 is 11.7 Å². The number of amides is 2. The summed E-state index contributed by atoms with van der Waals surface area (Å²) in [6, 6.07) is -0.233. The Morgan fingerprint density at radius 1 is 1.07 bits per heavy atom. The molecule has 160 valence electrons. The summed E-state index contributed by atoms with van der Waals surface area (Å²) in [6.07, 6.45) is 5.72. The number of aromatic nitrogens is 4. The van der Waals surface area contributed by atoms with Crippen LogP contribution in [0.5, 0.6) is 0 Å². The molecule has 29 heavy (non-hydrogen) atoms. The summed E-state index contributed by atoms with van der Waals surface area (Å²) in [6.45, 7) is 7.37. The standard InChI is InChI=1S/C20H32N6O3/c1-4-11-21-18(28)24-20(9-7-8-10-20)17-22-14-15(23-17)25(12-5-2)19(29)26(13-6-3)16(14)27/h4-13H2,1-3H3,(H,22,23)(H2,21,24,28). The van der Waals surface area contributed by atoms with Crippen molar-refractivity contribution >= 4 is 17.2 Å². The second-order valence-electron chi connectivity index (χ2n) is 7.85. The minimum absolute atomic E-state index is 0.233. The Balaban J connectivity index is 2.13. The molecule has 9 heteroatoms. The lowest BCUT2D eigenvalue weighted by Gasteiger charge is -2.28. The van der Waals surface area contributed by atoms with Crippen LogP contribution in [-0.2, 0) is 18.6 Å². The molecule has 0 spiro atoms. The molecule has 0 atom stereocenters. The molecule has 1 aliphatic carbocycles. The summed E-state index contributed by atoms with van der Waals surface area (Å²) in [4.78, 5) is 46.1. The van der Waals surface area contributed by atoms with Gasteiger partial charge < -0.3 is 15.6 Å². The van der Waals surface area contributed by atoms with Gasteiger partial charge in [-0.1, -0.05) is 33.6 Å². The first-order valence-electron chi connectivity index (χ1n) is 10.8. The number of aryl methyl sites for hydroxylation is 1. The molecule has 1 fully saturated rings. The number of imidazole rings is 1. The normalized spacial score (nSPS) is 15.7. The van der Waals surface area contributed by atoms with E-state index < -0.39 is 5.54 Å². The molecular weight excluding hydrogens is 372 g/mol. The topological polar surface area (TPSA) is 114 Å². The minimum Gasteiger partial charge on any atom is -0.338 e. The molecule has 1 aliphatic rings. The highest BCUT2D eigenvalue weighted by Gasteiger charge is 2.40. The molecule has 0 unspecified atom stereocenters. The molecule has 2 aromatic heterocycles. The maximum absolute atomic E-state index is 13.0. The Hall–Kier alpha value is -2.58. The highest BCUT2D eigenvalue weighted by atomic mass is 16.2. The summed E-state index contributed by atoms with van der Waals surface area (Å²) in [7, 11) is 0. The minimum atomic E-state index is -0.647. The van der Waals surface area contributed by atoms with E-state index in [1.165, 1.54) is 4.57 Å². The molecule has 0 saturated heterocycles. The summed E-state index contributed by atoms with van der Waals surface area (Å²) in [5, 5.41) is 5.94. The van der Waals surface area contributed by atoms with Gasteiger partial charge in [-0.3, -0.25) is 13.9 Å². The third-order valence-electron chi connectivity index (χ3n) is 5.55. The lowest BCUT2D eigenvalue weighted by molar-refractivity contribution is 0.222. The average Bonchev–Trinajstić information content (AvgIpc) is 3.35. The van der Waals surface area contributed by atoms with Gasteiger partial charge in [0.05, 0.1) is 5.54 Å². The highest BCUT2D eigenvalue weighted by molar-refractivity contribution is 5.75. The second-order valence-corrected chi connectivity index (χ2v) is 7.85. The van der Waals surface area contributed by atoms with Crippen molar-refractivity contribution in [3.05, 3.63) is 26.7 Å². The largest absolute Gasteiger partial charge is 0.338 e. The van der Waals surface area contributed by atoms with Gasteiger partial charge in [0, 0.05) is 19.6 Å². The van der Waals surface area contributed by atoms with Gasteiger partial charge in [-0.2, -0.15) is 0 Å². The Bertz CT molecular complexity index is 980. The van der Waals surface area contributed by atoms with E-state index >= 15 is 0 Å². The van der Waals surface area contributed by atoms with Crippen molar-refractivity contribution in [2.75, 3.05) is 6.54 Å². The van der Waals surface area contributed by atoms with Crippen LogP contribution in [0.4, 0.5) is 4.79 Å². The zero-order valence-corrected chi connectivity index (χ0v) is 17.6. The van der Waals surface area contributed by atoms with Crippen LogP contribution in [0.3, 0.4) is 0 Å². The van der Waals surface area contributed by atoms with Gasteiger partial charge in [-0.15, -0.1) is 0 Å². The summed E-state index contributed by atoms with van der Waals surface area (Å²) < 4.78 is 2.86. The Labute approximate surface area is 169 Å². The predicted octanol–water partition coefficient (Wildman–Crippen LogP) is 2.18. The molecule has 3 rings (SSSR count). The lowest BCUT2D eigenvalue weighted by atomic mass is 9.97. The van der Waals surface area contributed by atoms with Crippen LogP contribution in [0.1, 0.15) is 71.5 Å². The van der Waals surface area contributed by atoms with E-state index in [9.17, 15) is 14.4 Å². The van der Waals surface area contributed by atoms with E-state index in [1.54, 1.807) is 4.57 Å². The molecule has 0 aliphatic heterocycles. The first-order valence-corrected chi connectivity index (χ1v) is 10.8. The van der Waals surface area contributed by atoms with E-state index in [0.717, 1.165) is 38.5 Å². The molecule has 2 aromatic rings. The molecular formula is C20H32N6O3. The van der Waals surface area contributed by atoms with E-state index in [0.29, 0.717) is 43.0 Å². The number of hydrogen-bond acceptors (Lipinski definition) is 4. The summed E-state index contributed by atoms with van der Waals surface area (Å²) in [5.74, 6) is 0.562. The van der Waals surface area contributed by atoms with Gasteiger partial charge in [0.2, 0.25) is 0 Å². The number of nitrogens with one attached hydrogen (secondary N) is 3. The molecule has 2 amide bonds. The monoisotopic (exact) mass is 404 g/mol. The number of carbonyl (C=O) groups excluding carboxylic acids is 1. The smallest absolute Gasteiger partial charge is 0.332 e. The molecule has 2 heterocycles. The maximum atomic E-state index is 13.0. The zero-order valence-electron chi connectivity index (χ0n) is 17.6. The fourth-order valence-electron chi connectivity index (χ4n) is 4.14. The molecule has 0 bridgehead atoms. The summed E-state index contributed by atoms with van der Waals surface area (Å²) >= 11 is 0. The fourth-order valence-corrected chi connectivity index (χ4v) is 4.14. The number of nitrogens with zero attached hydrogens (tertiary/aromatic N) is 3. The SMILES string of the molecule is CCCNC(=O)NC1(c2nc3c([nH]2)c(=O)n(CCC)c(=O)n3CCC)CCCC1. The zero-order chi connectivity index (χ0) is 21.0.